The predicted octanol–water partition coefficient (Wildman–Crippen LogP) is 9.21. The van der Waals surface area contributed by atoms with Gasteiger partial charge in [-0.2, -0.15) is 0 Å². The molecule has 208 valence electrons. The van der Waals surface area contributed by atoms with Crippen LogP contribution in [-0.4, -0.2) is 33.6 Å². The molecule has 0 rings (SSSR count). The molecule has 0 aliphatic heterocycles. The van der Waals surface area contributed by atoms with Gasteiger partial charge in [0.2, 0.25) is 0 Å². The minimum absolute atomic E-state index is 0.0590. The summed E-state index contributed by atoms with van der Waals surface area (Å²) in [5, 5.41) is 0. The van der Waals surface area contributed by atoms with Gasteiger partial charge >= 0.3 is 15.2 Å². The number of hydrogen-bond donors (Lipinski definition) is 3. The topological polar surface area (TPSA) is 104 Å². The first kappa shape index (κ1) is 36.5. The zero-order chi connectivity index (χ0) is 26.0. The van der Waals surface area contributed by atoms with E-state index in [0.717, 1.165) is 25.7 Å². The SMILES string of the molecule is CCCCCCCCCCCCP(=O)(O)O.CCCCCCCCCCCCP(=O)(O)OCC. The van der Waals surface area contributed by atoms with Gasteiger partial charge in [0.15, 0.2) is 0 Å². The summed E-state index contributed by atoms with van der Waals surface area (Å²) in [6.07, 6.45) is 24.6. The molecule has 0 amide bonds. The average Bonchev–Trinajstić information content (AvgIpc) is 2.76. The molecule has 0 aliphatic carbocycles. The lowest BCUT2D eigenvalue weighted by atomic mass is 10.1. The molecule has 0 saturated heterocycles. The van der Waals surface area contributed by atoms with Crippen LogP contribution in [0.1, 0.15) is 149 Å². The Labute approximate surface area is 211 Å². The highest BCUT2D eigenvalue weighted by molar-refractivity contribution is 7.52. The van der Waals surface area contributed by atoms with E-state index < -0.39 is 15.2 Å². The van der Waals surface area contributed by atoms with E-state index in [2.05, 4.69) is 13.8 Å². The first-order valence-electron chi connectivity index (χ1n) is 14.2. The van der Waals surface area contributed by atoms with Crippen molar-refractivity contribution < 1.29 is 28.3 Å². The minimum atomic E-state index is -3.74. The van der Waals surface area contributed by atoms with Crippen molar-refractivity contribution in [2.24, 2.45) is 0 Å². The summed E-state index contributed by atoms with van der Waals surface area (Å²) in [5.41, 5.74) is 0. The lowest BCUT2D eigenvalue weighted by Gasteiger charge is -2.09. The van der Waals surface area contributed by atoms with Crippen LogP contribution in [0.5, 0.6) is 0 Å². The Hall–Kier alpha value is 0.300. The Balaban J connectivity index is 0. The maximum absolute atomic E-state index is 11.4. The summed E-state index contributed by atoms with van der Waals surface area (Å²) in [4.78, 5) is 26.7. The van der Waals surface area contributed by atoms with Crippen molar-refractivity contribution >= 4 is 15.2 Å². The van der Waals surface area contributed by atoms with Crippen molar-refractivity contribution in [2.45, 2.75) is 149 Å². The predicted molar refractivity (Wildman–Crippen MR) is 147 cm³/mol. The van der Waals surface area contributed by atoms with Crippen LogP contribution in [0.3, 0.4) is 0 Å². The quantitative estimate of drug-likeness (QED) is 0.0852. The third-order valence-electron chi connectivity index (χ3n) is 5.93. The lowest BCUT2D eigenvalue weighted by molar-refractivity contribution is 0.272. The van der Waals surface area contributed by atoms with Gasteiger partial charge in [-0.05, 0) is 19.8 Å². The molecule has 1 unspecified atom stereocenters. The number of hydrogen-bond acceptors (Lipinski definition) is 3. The van der Waals surface area contributed by atoms with E-state index in [-0.39, 0.29) is 6.16 Å². The lowest BCUT2D eigenvalue weighted by Crippen LogP contribution is -1.94. The molecule has 0 aromatic heterocycles. The van der Waals surface area contributed by atoms with Gasteiger partial charge in [-0.3, -0.25) is 9.13 Å². The summed E-state index contributed by atoms with van der Waals surface area (Å²) < 4.78 is 26.8. The smallest absolute Gasteiger partial charge is 0.324 e. The first-order chi connectivity index (χ1) is 16.2. The van der Waals surface area contributed by atoms with Gasteiger partial charge in [-0.15, -0.1) is 0 Å². The molecule has 0 heterocycles. The monoisotopic (exact) mass is 528 g/mol. The molecular formula is C26H58O6P2. The van der Waals surface area contributed by atoms with Crippen LogP contribution >= 0.6 is 15.2 Å². The van der Waals surface area contributed by atoms with E-state index in [1.54, 1.807) is 6.92 Å². The van der Waals surface area contributed by atoms with Gasteiger partial charge < -0.3 is 19.2 Å². The molecule has 3 N–H and O–H groups in total. The summed E-state index contributed by atoms with van der Waals surface area (Å²) in [7, 11) is -7.01. The van der Waals surface area contributed by atoms with E-state index in [0.29, 0.717) is 19.2 Å². The molecule has 0 fully saturated rings. The molecule has 0 spiro atoms. The van der Waals surface area contributed by atoms with Crippen molar-refractivity contribution in [3.8, 4) is 0 Å². The number of rotatable bonds is 24. The van der Waals surface area contributed by atoms with Gasteiger partial charge in [0, 0.05) is 12.3 Å². The molecule has 0 saturated carbocycles. The fraction of sp³-hybridized carbons (Fsp3) is 1.00. The Morgan fingerprint density at radius 2 is 0.765 bits per heavy atom. The largest absolute Gasteiger partial charge is 0.328 e. The Morgan fingerprint density at radius 3 is 1.06 bits per heavy atom. The average molecular weight is 529 g/mol. The van der Waals surface area contributed by atoms with Crippen LogP contribution < -0.4 is 0 Å². The molecule has 8 heteroatoms. The maximum Gasteiger partial charge on any atom is 0.328 e. The van der Waals surface area contributed by atoms with Gasteiger partial charge in [0.25, 0.3) is 0 Å². The number of unbranched alkanes of at least 4 members (excludes halogenated alkanes) is 18. The van der Waals surface area contributed by atoms with Crippen LogP contribution in [0.25, 0.3) is 0 Å². The normalized spacial score (nSPS) is 13.4. The second-order valence-corrected chi connectivity index (χ2v) is 13.3. The van der Waals surface area contributed by atoms with E-state index in [1.807, 2.05) is 0 Å². The van der Waals surface area contributed by atoms with Crippen molar-refractivity contribution in [2.75, 3.05) is 18.9 Å². The van der Waals surface area contributed by atoms with Crippen LogP contribution in [0.2, 0.25) is 0 Å². The molecule has 0 aromatic carbocycles. The summed E-state index contributed by atoms with van der Waals surface area (Å²) in [5.74, 6) is 0. The van der Waals surface area contributed by atoms with Gasteiger partial charge in [0.1, 0.15) is 0 Å². The Bertz CT molecular complexity index is 496. The fourth-order valence-electron chi connectivity index (χ4n) is 3.87. The van der Waals surface area contributed by atoms with E-state index in [9.17, 15) is 14.0 Å². The molecule has 0 aromatic rings. The fourth-order valence-corrected chi connectivity index (χ4v) is 5.66. The zero-order valence-electron chi connectivity index (χ0n) is 22.7. The van der Waals surface area contributed by atoms with Crippen LogP contribution in [0.4, 0.5) is 0 Å². The standard InChI is InChI=1S/C14H31O3P.C12H27O3P/c1-3-5-6-7-8-9-10-11-12-13-14-18(15,16)17-4-2;1-2-3-4-5-6-7-8-9-10-11-12-16(13,14)15/h3-14H2,1-2H3,(H,15,16);2-12H2,1H3,(H2,13,14,15). The van der Waals surface area contributed by atoms with Crippen molar-refractivity contribution in [1.82, 2.24) is 0 Å². The Morgan fingerprint density at radius 1 is 0.471 bits per heavy atom. The second kappa shape index (κ2) is 26.4. The molecule has 0 radical (unpaired) electrons. The molecular weight excluding hydrogens is 470 g/mol. The third-order valence-corrected chi connectivity index (χ3v) is 8.37. The summed E-state index contributed by atoms with van der Waals surface area (Å²) >= 11 is 0. The van der Waals surface area contributed by atoms with Crippen molar-refractivity contribution in [1.29, 1.82) is 0 Å². The molecule has 0 aliphatic rings. The van der Waals surface area contributed by atoms with Crippen molar-refractivity contribution in [3.63, 3.8) is 0 Å². The van der Waals surface area contributed by atoms with Gasteiger partial charge in [-0.25, -0.2) is 0 Å². The highest BCUT2D eigenvalue weighted by Crippen LogP contribution is 2.42. The second-order valence-electron chi connectivity index (χ2n) is 9.53. The van der Waals surface area contributed by atoms with E-state index in [1.165, 1.54) is 96.3 Å². The molecule has 1 atom stereocenters. The summed E-state index contributed by atoms with van der Waals surface area (Å²) in [6.45, 7) is 6.54. The van der Waals surface area contributed by atoms with E-state index in [4.69, 9.17) is 14.3 Å². The van der Waals surface area contributed by atoms with Crippen molar-refractivity contribution in [3.05, 3.63) is 0 Å². The minimum Gasteiger partial charge on any atom is -0.324 e. The third kappa shape index (κ3) is 34.5. The van der Waals surface area contributed by atoms with Crippen LogP contribution in [0.15, 0.2) is 0 Å². The first-order valence-corrected chi connectivity index (χ1v) is 17.8. The molecule has 34 heavy (non-hydrogen) atoms. The molecule has 6 nitrogen and oxygen atoms in total. The highest BCUT2D eigenvalue weighted by Gasteiger charge is 2.16. The van der Waals surface area contributed by atoms with Crippen LogP contribution in [0, 0.1) is 0 Å². The van der Waals surface area contributed by atoms with Crippen LogP contribution in [-0.2, 0) is 13.7 Å². The summed E-state index contributed by atoms with van der Waals surface area (Å²) in [6, 6.07) is 0. The maximum atomic E-state index is 11.4. The van der Waals surface area contributed by atoms with Gasteiger partial charge in [0.05, 0.1) is 6.61 Å². The Kier molecular flexibility index (Phi) is 28.3. The van der Waals surface area contributed by atoms with E-state index >= 15 is 0 Å². The van der Waals surface area contributed by atoms with Gasteiger partial charge in [-0.1, -0.05) is 129 Å². The molecule has 0 bridgehead atoms. The zero-order valence-corrected chi connectivity index (χ0v) is 24.5. The highest BCUT2D eigenvalue weighted by atomic mass is 31.2.